The summed E-state index contributed by atoms with van der Waals surface area (Å²) in [7, 11) is 0. The first-order valence-electron chi connectivity index (χ1n) is 8.24. The van der Waals surface area contributed by atoms with Crippen LogP contribution in [0.3, 0.4) is 0 Å². The lowest BCUT2D eigenvalue weighted by molar-refractivity contribution is 0.197. The molecule has 21 heavy (non-hydrogen) atoms. The molecule has 0 bridgehead atoms. The second-order valence-corrected chi connectivity index (χ2v) is 7.03. The molecule has 1 aliphatic heterocycles. The van der Waals surface area contributed by atoms with E-state index in [1.54, 1.807) is 13.8 Å². The second-order valence-electron chi connectivity index (χ2n) is 7.03. The first-order chi connectivity index (χ1) is 10.0. The summed E-state index contributed by atoms with van der Waals surface area (Å²) in [6, 6.07) is 3.42. The van der Waals surface area contributed by atoms with E-state index in [2.05, 4.69) is 4.90 Å². The summed E-state index contributed by atoms with van der Waals surface area (Å²) >= 11 is 0. The van der Waals surface area contributed by atoms with Gasteiger partial charge in [0.1, 0.15) is 5.82 Å². The van der Waals surface area contributed by atoms with Crippen LogP contribution in [0, 0.1) is 18.2 Å². The number of piperidine rings is 1. The molecule has 1 saturated heterocycles. The zero-order valence-corrected chi connectivity index (χ0v) is 13.2. The molecule has 1 aliphatic carbocycles. The summed E-state index contributed by atoms with van der Waals surface area (Å²) in [5.74, 6) is -0.223. The Morgan fingerprint density at radius 1 is 1.14 bits per heavy atom. The van der Waals surface area contributed by atoms with Crippen LogP contribution in [-0.4, -0.2) is 18.2 Å². The molecule has 1 saturated carbocycles. The highest BCUT2D eigenvalue weighted by Crippen LogP contribution is 2.47. The smallest absolute Gasteiger partial charge is 0.126 e. The number of hydrogen-bond donors (Lipinski definition) is 1. The fourth-order valence-corrected chi connectivity index (χ4v) is 4.14. The van der Waals surface area contributed by atoms with Crippen molar-refractivity contribution in [1.82, 2.24) is 0 Å². The Morgan fingerprint density at radius 2 is 1.76 bits per heavy atom. The van der Waals surface area contributed by atoms with Crippen molar-refractivity contribution in [3.05, 3.63) is 29.1 Å². The first-order valence-corrected chi connectivity index (χ1v) is 8.24. The van der Waals surface area contributed by atoms with Gasteiger partial charge < -0.3 is 10.0 Å². The molecule has 3 heteroatoms. The van der Waals surface area contributed by atoms with Crippen molar-refractivity contribution < 1.29 is 9.50 Å². The molecule has 1 N–H and O–H groups in total. The third-order valence-electron chi connectivity index (χ3n) is 5.59. The van der Waals surface area contributed by atoms with Crippen molar-refractivity contribution in [3.8, 4) is 0 Å². The molecule has 0 aromatic heterocycles. The number of anilines is 1. The maximum Gasteiger partial charge on any atom is 0.126 e. The Balaban J connectivity index is 1.83. The van der Waals surface area contributed by atoms with Gasteiger partial charge in [-0.1, -0.05) is 12.8 Å². The van der Waals surface area contributed by atoms with Crippen LogP contribution in [0.25, 0.3) is 0 Å². The Hall–Kier alpha value is -1.09. The molecule has 2 aliphatic rings. The molecule has 3 rings (SSSR count). The molecule has 1 aromatic rings. The van der Waals surface area contributed by atoms with Crippen LogP contribution in [0.15, 0.2) is 12.1 Å². The van der Waals surface area contributed by atoms with Gasteiger partial charge in [0.2, 0.25) is 0 Å². The SMILES string of the molecule is Cc1cc(N2CCC3(CCCC3)CC2)c(C(C)O)cc1F. The van der Waals surface area contributed by atoms with E-state index in [0.717, 1.165) is 24.3 Å². The van der Waals surface area contributed by atoms with Gasteiger partial charge in [0.15, 0.2) is 0 Å². The number of rotatable bonds is 2. The Labute approximate surface area is 127 Å². The van der Waals surface area contributed by atoms with Gasteiger partial charge in [-0.05, 0) is 62.6 Å². The predicted molar refractivity (Wildman–Crippen MR) is 84.1 cm³/mol. The van der Waals surface area contributed by atoms with Crippen LogP contribution in [0.1, 0.15) is 62.7 Å². The first kappa shape index (κ1) is 14.8. The second kappa shape index (κ2) is 5.60. The minimum Gasteiger partial charge on any atom is -0.389 e. The lowest BCUT2D eigenvalue weighted by Gasteiger charge is -2.41. The lowest BCUT2D eigenvalue weighted by atomic mass is 9.77. The molecule has 1 spiro atoms. The minimum atomic E-state index is -0.627. The van der Waals surface area contributed by atoms with Crippen LogP contribution in [0.5, 0.6) is 0 Å². The van der Waals surface area contributed by atoms with Gasteiger partial charge in [-0.25, -0.2) is 4.39 Å². The van der Waals surface area contributed by atoms with Gasteiger partial charge in [0.05, 0.1) is 6.10 Å². The number of halogens is 1. The number of hydrogen-bond acceptors (Lipinski definition) is 2. The summed E-state index contributed by atoms with van der Waals surface area (Å²) in [5, 5.41) is 9.96. The molecular formula is C18H26FNO. The summed E-state index contributed by atoms with van der Waals surface area (Å²) in [6.45, 7) is 5.58. The number of nitrogens with zero attached hydrogens (tertiary/aromatic N) is 1. The van der Waals surface area contributed by atoms with Crippen LogP contribution in [0.2, 0.25) is 0 Å². The highest BCUT2D eigenvalue weighted by Gasteiger charge is 2.37. The lowest BCUT2D eigenvalue weighted by Crippen LogP contribution is -2.39. The minimum absolute atomic E-state index is 0.223. The highest BCUT2D eigenvalue weighted by atomic mass is 19.1. The van der Waals surface area contributed by atoms with Gasteiger partial charge in [-0.2, -0.15) is 0 Å². The largest absolute Gasteiger partial charge is 0.389 e. The summed E-state index contributed by atoms with van der Waals surface area (Å²) in [4.78, 5) is 2.35. The van der Waals surface area contributed by atoms with Crippen molar-refractivity contribution in [3.63, 3.8) is 0 Å². The summed E-state index contributed by atoms with van der Waals surface area (Å²) in [5.41, 5.74) is 2.99. The standard InChI is InChI=1S/C18H26FNO/c1-13-11-17(15(14(2)21)12-16(13)19)20-9-7-18(8-10-20)5-3-4-6-18/h11-12,14,21H,3-10H2,1-2H3. The van der Waals surface area contributed by atoms with E-state index in [9.17, 15) is 9.50 Å². The Kier molecular flexibility index (Phi) is 3.96. The van der Waals surface area contributed by atoms with Gasteiger partial charge in [0.25, 0.3) is 0 Å². The van der Waals surface area contributed by atoms with Crippen molar-refractivity contribution >= 4 is 5.69 Å². The van der Waals surface area contributed by atoms with E-state index in [0.29, 0.717) is 11.0 Å². The fourth-order valence-electron chi connectivity index (χ4n) is 4.14. The summed E-state index contributed by atoms with van der Waals surface area (Å²) in [6.07, 6.45) is 7.38. The van der Waals surface area contributed by atoms with E-state index in [-0.39, 0.29) is 5.82 Å². The number of aliphatic hydroxyl groups is 1. The molecule has 0 amide bonds. The van der Waals surface area contributed by atoms with Crippen molar-refractivity contribution in [2.24, 2.45) is 5.41 Å². The van der Waals surface area contributed by atoms with E-state index in [4.69, 9.17) is 0 Å². The molecule has 116 valence electrons. The zero-order valence-electron chi connectivity index (χ0n) is 13.2. The molecule has 1 aromatic carbocycles. The molecule has 2 nitrogen and oxygen atoms in total. The normalized spacial score (nSPS) is 22.8. The fraction of sp³-hybridized carbons (Fsp3) is 0.667. The van der Waals surface area contributed by atoms with Gasteiger partial charge in [-0.3, -0.25) is 0 Å². The quantitative estimate of drug-likeness (QED) is 0.875. The van der Waals surface area contributed by atoms with Gasteiger partial charge in [-0.15, -0.1) is 0 Å². The van der Waals surface area contributed by atoms with Gasteiger partial charge >= 0.3 is 0 Å². The molecule has 1 unspecified atom stereocenters. The maximum atomic E-state index is 13.8. The highest BCUT2D eigenvalue weighted by molar-refractivity contribution is 5.57. The monoisotopic (exact) mass is 291 g/mol. The number of aryl methyl sites for hydroxylation is 1. The van der Waals surface area contributed by atoms with Crippen molar-refractivity contribution in [2.75, 3.05) is 18.0 Å². The molecule has 1 heterocycles. The summed E-state index contributed by atoms with van der Waals surface area (Å²) < 4.78 is 13.8. The van der Waals surface area contributed by atoms with Crippen LogP contribution in [-0.2, 0) is 0 Å². The molecule has 1 atom stereocenters. The maximum absolute atomic E-state index is 13.8. The van der Waals surface area contributed by atoms with Crippen LogP contribution in [0.4, 0.5) is 10.1 Å². The average Bonchev–Trinajstić information content (AvgIpc) is 2.90. The van der Waals surface area contributed by atoms with Crippen molar-refractivity contribution in [1.29, 1.82) is 0 Å². The topological polar surface area (TPSA) is 23.5 Å². The molecule has 0 radical (unpaired) electrons. The van der Waals surface area contributed by atoms with Crippen LogP contribution < -0.4 is 4.90 Å². The molecular weight excluding hydrogens is 265 g/mol. The van der Waals surface area contributed by atoms with E-state index in [1.165, 1.54) is 44.6 Å². The van der Waals surface area contributed by atoms with E-state index >= 15 is 0 Å². The zero-order chi connectivity index (χ0) is 15.0. The third-order valence-corrected chi connectivity index (χ3v) is 5.59. The molecule has 2 fully saturated rings. The van der Waals surface area contributed by atoms with Crippen molar-refractivity contribution in [2.45, 2.75) is 58.5 Å². The van der Waals surface area contributed by atoms with Gasteiger partial charge in [0, 0.05) is 24.3 Å². The Morgan fingerprint density at radius 3 is 2.33 bits per heavy atom. The van der Waals surface area contributed by atoms with E-state index < -0.39 is 6.10 Å². The average molecular weight is 291 g/mol. The van der Waals surface area contributed by atoms with E-state index in [1.807, 2.05) is 6.07 Å². The third kappa shape index (κ3) is 2.80. The predicted octanol–water partition coefficient (Wildman–Crippen LogP) is 4.35. The van der Waals surface area contributed by atoms with Crippen LogP contribution >= 0.6 is 0 Å². The Bertz CT molecular complexity index is 510. The number of benzene rings is 1. The number of aliphatic hydroxyl groups excluding tert-OH is 1.